The fourth-order valence-electron chi connectivity index (χ4n) is 2.01. The number of esters is 1. The van der Waals surface area contributed by atoms with Crippen LogP contribution in [-0.4, -0.2) is 29.0 Å². The summed E-state index contributed by atoms with van der Waals surface area (Å²) < 4.78 is 10.7. The van der Waals surface area contributed by atoms with Gasteiger partial charge in [-0.05, 0) is 38.1 Å². The minimum absolute atomic E-state index is 0.0744. The van der Waals surface area contributed by atoms with Crippen LogP contribution in [0.5, 0.6) is 11.5 Å². The number of benzene rings is 1. The van der Waals surface area contributed by atoms with E-state index in [1.807, 2.05) is 0 Å². The SMILES string of the molecule is Cc1ncc(COC(=O)C(C)COc2ccc(Cl)cc2)c(C=O)c1O. The molecule has 0 saturated carbocycles. The molecular formula is C18H18ClNO5. The minimum Gasteiger partial charge on any atom is -0.505 e. The lowest BCUT2D eigenvalue weighted by Crippen LogP contribution is -2.21. The smallest absolute Gasteiger partial charge is 0.312 e. The lowest BCUT2D eigenvalue weighted by atomic mass is 10.1. The van der Waals surface area contributed by atoms with Gasteiger partial charge in [-0.15, -0.1) is 0 Å². The number of pyridine rings is 1. The molecule has 1 aromatic carbocycles. The van der Waals surface area contributed by atoms with E-state index in [1.165, 1.54) is 6.20 Å². The Kier molecular flexibility index (Phi) is 6.36. The zero-order valence-electron chi connectivity index (χ0n) is 13.9. The molecule has 0 saturated heterocycles. The number of ether oxygens (including phenoxy) is 2. The molecule has 2 rings (SSSR count). The third-order valence-electron chi connectivity index (χ3n) is 3.56. The van der Waals surface area contributed by atoms with E-state index in [9.17, 15) is 14.7 Å². The van der Waals surface area contributed by atoms with E-state index in [4.69, 9.17) is 21.1 Å². The van der Waals surface area contributed by atoms with Gasteiger partial charge in [0.05, 0.1) is 17.2 Å². The predicted molar refractivity (Wildman–Crippen MR) is 91.9 cm³/mol. The molecule has 0 bridgehead atoms. The highest BCUT2D eigenvalue weighted by Gasteiger charge is 2.18. The topological polar surface area (TPSA) is 85.7 Å². The molecule has 1 heterocycles. The summed E-state index contributed by atoms with van der Waals surface area (Å²) in [5, 5.41) is 10.4. The van der Waals surface area contributed by atoms with Crippen LogP contribution in [0.3, 0.4) is 0 Å². The van der Waals surface area contributed by atoms with Gasteiger partial charge in [-0.1, -0.05) is 11.6 Å². The highest BCUT2D eigenvalue weighted by molar-refractivity contribution is 6.30. The molecule has 0 aliphatic carbocycles. The standard InChI is InChI=1S/C18H18ClNO5/c1-11(9-24-15-5-3-14(19)4-6-15)18(23)25-10-13-7-20-12(2)17(22)16(13)8-21/h3-8,11,22H,9-10H2,1-2H3. The van der Waals surface area contributed by atoms with Crippen molar-refractivity contribution >= 4 is 23.9 Å². The van der Waals surface area contributed by atoms with Crippen molar-refractivity contribution in [2.24, 2.45) is 5.92 Å². The van der Waals surface area contributed by atoms with Crippen molar-refractivity contribution in [3.63, 3.8) is 0 Å². The number of halogens is 1. The molecule has 25 heavy (non-hydrogen) atoms. The molecule has 1 aromatic heterocycles. The van der Waals surface area contributed by atoms with Crippen LogP contribution in [0.25, 0.3) is 0 Å². The van der Waals surface area contributed by atoms with Crippen LogP contribution in [0.2, 0.25) is 5.02 Å². The second-order valence-electron chi connectivity index (χ2n) is 5.52. The molecule has 7 heteroatoms. The van der Waals surface area contributed by atoms with E-state index in [0.717, 1.165) is 0 Å². The molecule has 0 spiro atoms. The molecule has 0 amide bonds. The summed E-state index contributed by atoms with van der Waals surface area (Å²) in [4.78, 5) is 27.1. The number of carbonyl (C=O) groups excluding carboxylic acids is 2. The molecule has 6 nitrogen and oxygen atoms in total. The lowest BCUT2D eigenvalue weighted by Gasteiger charge is -2.14. The molecule has 2 aromatic rings. The van der Waals surface area contributed by atoms with E-state index in [0.29, 0.717) is 28.3 Å². The van der Waals surface area contributed by atoms with Gasteiger partial charge in [0.2, 0.25) is 0 Å². The Balaban J connectivity index is 1.90. The van der Waals surface area contributed by atoms with Crippen LogP contribution in [0.1, 0.15) is 28.5 Å². The third kappa shape index (κ3) is 4.93. The van der Waals surface area contributed by atoms with Crippen molar-refractivity contribution in [3.05, 3.63) is 52.3 Å². The van der Waals surface area contributed by atoms with Gasteiger partial charge in [0.25, 0.3) is 0 Å². The number of rotatable bonds is 7. The molecule has 0 radical (unpaired) electrons. The Morgan fingerprint density at radius 1 is 1.36 bits per heavy atom. The van der Waals surface area contributed by atoms with Crippen molar-refractivity contribution in [2.45, 2.75) is 20.5 Å². The number of aromatic hydroxyl groups is 1. The summed E-state index contributed by atoms with van der Waals surface area (Å²) in [7, 11) is 0. The number of hydrogen-bond acceptors (Lipinski definition) is 6. The number of aldehydes is 1. The van der Waals surface area contributed by atoms with Gasteiger partial charge in [0.1, 0.15) is 24.7 Å². The summed E-state index contributed by atoms with van der Waals surface area (Å²) in [6, 6.07) is 6.80. The van der Waals surface area contributed by atoms with E-state index in [-0.39, 0.29) is 24.5 Å². The van der Waals surface area contributed by atoms with Crippen molar-refractivity contribution in [3.8, 4) is 11.5 Å². The van der Waals surface area contributed by atoms with Gasteiger partial charge in [0.15, 0.2) is 6.29 Å². The highest BCUT2D eigenvalue weighted by Crippen LogP contribution is 2.22. The van der Waals surface area contributed by atoms with Crippen LogP contribution in [-0.2, 0) is 16.1 Å². The average Bonchev–Trinajstić information content (AvgIpc) is 2.61. The van der Waals surface area contributed by atoms with Crippen LogP contribution in [0, 0.1) is 12.8 Å². The van der Waals surface area contributed by atoms with Crippen molar-refractivity contribution in [1.82, 2.24) is 4.98 Å². The second kappa shape index (κ2) is 8.48. The summed E-state index contributed by atoms with van der Waals surface area (Å²) in [6.07, 6.45) is 1.92. The largest absolute Gasteiger partial charge is 0.505 e. The predicted octanol–water partition coefficient (Wildman–Crippen LogP) is 3.32. The van der Waals surface area contributed by atoms with E-state index in [2.05, 4.69) is 4.98 Å². The summed E-state index contributed by atoms with van der Waals surface area (Å²) in [6.45, 7) is 3.23. The minimum atomic E-state index is -0.512. The lowest BCUT2D eigenvalue weighted by molar-refractivity contribution is -0.150. The molecule has 0 aliphatic rings. The first kappa shape index (κ1) is 18.7. The van der Waals surface area contributed by atoms with Gasteiger partial charge < -0.3 is 14.6 Å². The fourth-order valence-corrected chi connectivity index (χ4v) is 2.14. The average molecular weight is 364 g/mol. The number of aromatic nitrogens is 1. The van der Waals surface area contributed by atoms with Crippen LogP contribution >= 0.6 is 11.6 Å². The third-order valence-corrected chi connectivity index (χ3v) is 3.81. The van der Waals surface area contributed by atoms with E-state index >= 15 is 0 Å². The normalized spacial score (nSPS) is 11.6. The maximum atomic E-state index is 12.0. The van der Waals surface area contributed by atoms with Crippen molar-refractivity contribution in [2.75, 3.05) is 6.61 Å². The number of nitrogens with zero attached hydrogens (tertiary/aromatic N) is 1. The first-order valence-corrected chi connectivity index (χ1v) is 7.97. The summed E-state index contributed by atoms with van der Waals surface area (Å²) >= 11 is 5.79. The van der Waals surface area contributed by atoms with Gasteiger partial charge in [0, 0.05) is 16.8 Å². The first-order valence-electron chi connectivity index (χ1n) is 7.60. The van der Waals surface area contributed by atoms with Crippen LogP contribution in [0.15, 0.2) is 30.5 Å². The first-order chi connectivity index (χ1) is 11.9. The van der Waals surface area contributed by atoms with E-state index < -0.39 is 11.9 Å². The molecule has 1 N–H and O–H groups in total. The number of carbonyl (C=O) groups is 2. The number of aryl methyl sites for hydroxylation is 1. The molecule has 1 unspecified atom stereocenters. The molecule has 0 aliphatic heterocycles. The Morgan fingerprint density at radius 2 is 2.04 bits per heavy atom. The summed E-state index contributed by atoms with van der Waals surface area (Å²) in [5.41, 5.74) is 0.754. The van der Waals surface area contributed by atoms with Crippen molar-refractivity contribution in [1.29, 1.82) is 0 Å². The Morgan fingerprint density at radius 3 is 2.68 bits per heavy atom. The zero-order valence-corrected chi connectivity index (χ0v) is 14.6. The van der Waals surface area contributed by atoms with Gasteiger partial charge in [-0.25, -0.2) is 0 Å². The Labute approximate surface area is 150 Å². The molecule has 132 valence electrons. The fraction of sp³-hybridized carbons (Fsp3) is 0.278. The number of hydrogen-bond donors (Lipinski definition) is 1. The molecule has 1 atom stereocenters. The Bertz CT molecular complexity index is 761. The van der Waals surface area contributed by atoms with Crippen molar-refractivity contribution < 1.29 is 24.2 Å². The zero-order chi connectivity index (χ0) is 18.4. The Hall–Kier alpha value is -2.60. The summed E-state index contributed by atoms with van der Waals surface area (Å²) in [5.74, 6) is -0.601. The van der Waals surface area contributed by atoms with E-state index in [1.54, 1.807) is 38.1 Å². The maximum absolute atomic E-state index is 12.0. The van der Waals surface area contributed by atoms with Gasteiger partial charge >= 0.3 is 5.97 Å². The van der Waals surface area contributed by atoms with Gasteiger partial charge in [-0.2, -0.15) is 0 Å². The monoisotopic (exact) mass is 363 g/mol. The highest BCUT2D eigenvalue weighted by atomic mass is 35.5. The second-order valence-corrected chi connectivity index (χ2v) is 5.96. The van der Waals surface area contributed by atoms with Crippen LogP contribution < -0.4 is 4.74 Å². The van der Waals surface area contributed by atoms with Crippen LogP contribution in [0.4, 0.5) is 0 Å². The van der Waals surface area contributed by atoms with Gasteiger partial charge in [-0.3, -0.25) is 14.6 Å². The molecular weight excluding hydrogens is 346 g/mol. The quantitative estimate of drug-likeness (QED) is 0.600. The maximum Gasteiger partial charge on any atom is 0.312 e. The molecule has 0 fully saturated rings.